The van der Waals surface area contributed by atoms with Gasteiger partial charge < -0.3 is 4.74 Å². The number of methoxy groups -OCH3 is 1. The van der Waals surface area contributed by atoms with Gasteiger partial charge in [0.05, 0.1) is 10.7 Å². The first-order valence-electron chi connectivity index (χ1n) is 3.26. The van der Waals surface area contributed by atoms with Gasteiger partial charge in [-0.1, -0.05) is 0 Å². The van der Waals surface area contributed by atoms with Crippen molar-refractivity contribution in [1.29, 1.82) is 0 Å². The quantitative estimate of drug-likeness (QED) is 0.549. The van der Waals surface area contributed by atoms with Gasteiger partial charge in [0.2, 0.25) is 0 Å². The molecule has 0 aliphatic carbocycles. The summed E-state index contributed by atoms with van der Waals surface area (Å²) in [5.41, 5.74) is 0. The number of benzene rings is 1. The van der Waals surface area contributed by atoms with Gasteiger partial charge >= 0.3 is 0 Å². The zero-order valence-corrected chi connectivity index (χ0v) is 11.9. The molecule has 0 radical (unpaired) electrons. The number of ether oxygens (including phenoxy) is 1. The van der Waals surface area contributed by atoms with Crippen molar-refractivity contribution >= 4 is 56.9 Å². The molecule has 0 aliphatic heterocycles. The second-order valence-corrected chi connectivity index (χ2v) is 5.10. The molecule has 1 aromatic rings. The molecule has 4 heteroatoms. The smallest absolute Gasteiger partial charge is 0.133 e. The summed E-state index contributed by atoms with van der Waals surface area (Å²) in [4.78, 5) is 1.31. The van der Waals surface area contributed by atoms with E-state index < -0.39 is 0 Å². The zero-order valence-electron chi connectivity index (χ0n) is 6.73. The second kappa shape index (κ2) is 4.90. The maximum absolute atomic E-state index is 5.20. The predicted octanol–water partition coefficient (Wildman–Crippen LogP) is 3.63. The fraction of sp³-hybridized carbons (Fsp3) is 0.250. The van der Waals surface area contributed by atoms with Crippen molar-refractivity contribution in [2.24, 2.45) is 0 Å². The normalized spacial score (nSPS) is 10.0. The summed E-state index contributed by atoms with van der Waals surface area (Å²) in [6.07, 6.45) is 2.08. The van der Waals surface area contributed by atoms with E-state index in [0.717, 1.165) is 5.75 Å². The van der Waals surface area contributed by atoms with Crippen molar-refractivity contribution in [1.82, 2.24) is 0 Å². The van der Waals surface area contributed by atoms with Gasteiger partial charge in [-0.2, -0.15) is 0 Å². The lowest BCUT2D eigenvalue weighted by Gasteiger charge is -2.07. The summed E-state index contributed by atoms with van der Waals surface area (Å²) in [7, 11) is 1.70. The van der Waals surface area contributed by atoms with E-state index in [2.05, 4.69) is 57.5 Å². The molecule has 0 N–H and O–H groups in total. The molecule has 0 bridgehead atoms. The maximum Gasteiger partial charge on any atom is 0.133 e. The molecule has 0 fully saturated rings. The molecule has 0 aromatic heterocycles. The van der Waals surface area contributed by atoms with E-state index in [1.807, 2.05) is 6.07 Å². The summed E-state index contributed by atoms with van der Waals surface area (Å²) in [6.45, 7) is 0. The number of hydrogen-bond acceptors (Lipinski definition) is 2. The molecule has 0 saturated carbocycles. The predicted molar refractivity (Wildman–Crippen MR) is 70.2 cm³/mol. The van der Waals surface area contributed by atoms with Crippen LogP contribution in [0.25, 0.3) is 0 Å². The molecule has 1 nitrogen and oxygen atoms in total. The first-order valence-corrected chi connectivity index (χ1v) is 6.65. The summed E-state index contributed by atoms with van der Waals surface area (Å²) < 4.78 is 7.68. The Hall–Kier alpha value is 0.830. The van der Waals surface area contributed by atoms with Gasteiger partial charge in [-0.3, -0.25) is 0 Å². The van der Waals surface area contributed by atoms with Gasteiger partial charge in [-0.25, -0.2) is 0 Å². The first kappa shape index (κ1) is 10.9. The average Bonchev–Trinajstić information content (AvgIpc) is 2.10. The van der Waals surface area contributed by atoms with Crippen LogP contribution < -0.4 is 4.74 Å². The number of rotatable bonds is 2. The number of thioether (sulfide) groups is 1. The molecule has 12 heavy (non-hydrogen) atoms. The highest BCUT2D eigenvalue weighted by Gasteiger charge is 2.07. The Kier molecular flexibility index (Phi) is 4.45. The van der Waals surface area contributed by atoms with Crippen LogP contribution in [-0.2, 0) is 0 Å². The largest absolute Gasteiger partial charge is 0.496 e. The Morgan fingerprint density at radius 3 is 2.42 bits per heavy atom. The fourth-order valence-electron chi connectivity index (χ4n) is 0.829. The van der Waals surface area contributed by atoms with Crippen molar-refractivity contribution in [3.8, 4) is 5.75 Å². The van der Waals surface area contributed by atoms with E-state index >= 15 is 0 Å². The van der Waals surface area contributed by atoms with Crippen LogP contribution in [0.3, 0.4) is 0 Å². The third-order valence-electron chi connectivity index (χ3n) is 1.45. The van der Waals surface area contributed by atoms with Crippen LogP contribution in [0.2, 0.25) is 0 Å². The third-order valence-corrected chi connectivity index (χ3v) is 5.82. The minimum atomic E-state index is 0.956. The third kappa shape index (κ3) is 2.20. The summed E-state index contributed by atoms with van der Waals surface area (Å²) in [5.74, 6) is 0.956. The molecule has 66 valence electrons. The van der Waals surface area contributed by atoms with Gasteiger partial charge in [-0.05, 0) is 63.6 Å². The van der Waals surface area contributed by atoms with E-state index in [9.17, 15) is 0 Å². The molecule has 0 atom stereocenters. The highest BCUT2D eigenvalue weighted by atomic mass is 127. The Labute approximate surface area is 104 Å². The van der Waals surface area contributed by atoms with Crippen molar-refractivity contribution in [2.75, 3.05) is 13.4 Å². The second-order valence-electron chi connectivity index (χ2n) is 2.10. The van der Waals surface area contributed by atoms with Gasteiger partial charge in [0, 0.05) is 8.47 Å². The lowest BCUT2D eigenvalue weighted by molar-refractivity contribution is 0.411. The van der Waals surface area contributed by atoms with Crippen LogP contribution in [0.15, 0.2) is 17.0 Å². The molecule has 0 heterocycles. The lowest BCUT2D eigenvalue weighted by Crippen LogP contribution is -1.90. The Balaban J connectivity index is 3.20. The fourth-order valence-corrected chi connectivity index (χ4v) is 3.29. The highest BCUT2D eigenvalue weighted by Crippen LogP contribution is 2.32. The van der Waals surface area contributed by atoms with Gasteiger partial charge in [0.25, 0.3) is 0 Å². The van der Waals surface area contributed by atoms with Gasteiger partial charge in [0.1, 0.15) is 5.75 Å². The van der Waals surface area contributed by atoms with E-state index in [1.165, 1.54) is 12.0 Å². The van der Waals surface area contributed by atoms with Crippen molar-refractivity contribution in [3.63, 3.8) is 0 Å². The van der Waals surface area contributed by atoms with E-state index in [-0.39, 0.29) is 0 Å². The Morgan fingerprint density at radius 2 is 1.92 bits per heavy atom. The van der Waals surface area contributed by atoms with Crippen LogP contribution in [0.5, 0.6) is 5.75 Å². The number of halogens is 2. The van der Waals surface area contributed by atoms with E-state index in [1.54, 1.807) is 18.9 Å². The van der Waals surface area contributed by atoms with Crippen LogP contribution in [0.4, 0.5) is 0 Å². The molecule has 0 aliphatic rings. The molecule has 1 aromatic carbocycles. The Bertz CT molecular complexity index is 260. The monoisotopic (exact) mass is 406 g/mol. The van der Waals surface area contributed by atoms with Crippen molar-refractivity contribution < 1.29 is 4.74 Å². The van der Waals surface area contributed by atoms with Crippen LogP contribution in [-0.4, -0.2) is 13.4 Å². The zero-order chi connectivity index (χ0) is 9.14. The molecular formula is C8H8I2OS. The van der Waals surface area contributed by atoms with E-state index in [0.29, 0.717) is 0 Å². The highest BCUT2D eigenvalue weighted by molar-refractivity contribution is 14.1. The standard InChI is InChI=1S/C8H8I2OS/c1-11-5-3-4-6(12-2)8(10)7(5)9/h3-4H,1-2H3. The van der Waals surface area contributed by atoms with Crippen LogP contribution in [0.1, 0.15) is 0 Å². The minimum absolute atomic E-state index is 0.956. The molecule has 0 spiro atoms. The number of hydrogen-bond donors (Lipinski definition) is 0. The molecule has 1 rings (SSSR count). The molecule has 0 amide bonds. The van der Waals surface area contributed by atoms with Crippen LogP contribution in [0, 0.1) is 7.14 Å². The van der Waals surface area contributed by atoms with Gasteiger partial charge in [0.15, 0.2) is 0 Å². The van der Waals surface area contributed by atoms with Gasteiger partial charge in [-0.15, -0.1) is 11.8 Å². The summed E-state index contributed by atoms with van der Waals surface area (Å²) >= 11 is 6.41. The molecule has 0 unspecified atom stereocenters. The van der Waals surface area contributed by atoms with Crippen LogP contribution >= 0.6 is 56.9 Å². The van der Waals surface area contributed by atoms with Crippen molar-refractivity contribution in [2.45, 2.75) is 4.90 Å². The topological polar surface area (TPSA) is 9.23 Å². The van der Waals surface area contributed by atoms with Crippen molar-refractivity contribution in [3.05, 3.63) is 19.3 Å². The summed E-state index contributed by atoms with van der Waals surface area (Å²) in [6, 6.07) is 4.10. The Morgan fingerprint density at radius 1 is 1.25 bits per heavy atom. The minimum Gasteiger partial charge on any atom is -0.496 e. The molecular weight excluding hydrogens is 398 g/mol. The lowest BCUT2D eigenvalue weighted by atomic mass is 10.3. The average molecular weight is 406 g/mol. The SMILES string of the molecule is COc1ccc(SC)c(I)c1I. The molecule has 0 saturated heterocycles. The maximum atomic E-state index is 5.20. The summed E-state index contributed by atoms with van der Waals surface area (Å²) in [5, 5.41) is 0. The first-order chi connectivity index (χ1) is 5.70. The van der Waals surface area contributed by atoms with E-state index in [4.69, 9.17) is 4.74 Å².